The molecule has 1 rings (SSSR count). The summed E-state index contributed by atoms with van der Waals surface area (Å²) in [7, 11) is 0. The fourth-order valence-electron chi connectivity index (χ4n) is 1.46. The highest BCUT2D eigenvalue weighted by Crippen LogP contribution is 2.26. The zero-order chi connectivity index (χ0) is 15.3. The van der Waals surface area contributed by atoms with Crippen molar-refractivity contribution >= 4 is 17.2 Å². The highest BCUT2D eigenvalue weighted by molar-refractivity contribution is 6.45. The highest BCUT2D eigenvalue weighted by Gasteiger charge is 2.15. The molecule has 0 bridgehead atoms. The van der Waals surface area contributed by atoms with Gasteiger partial charge in [-0.25, -0.2) is 0 Å². The van der Waals surface area contributed by atoms with Gasteiger partial charge in [0.05, 0.1) is 11.3 Å². The van der Waals surface area contributed by atoms with Gasteiger partial charge in [0.25, 0.3) is 0 Å². The number of amidine groups is 1. The fourth-order valence-corrected chi connectivity index (χ4v) is 1.46. The molecule has 0 atom stereocenters. The van der Waals surface area contributed by atoms with E-state index >= 15 is 0 Å². The van der Waals surface area contributed by atoms with Gasteiger partial charge in [0.2, 0.25) is 5.71 Å². The summed E-state index contributed by atoms with van der Waals surface area (Å²) >= 11 is 0. The third-order valence-corrected chi connectivity index (χ3v) is 2.66. The third-order valence-electron chi connectivity index (χ3n) is 2.66. The minimum absolute atomic E-state index is 0.0649. The number of rotatable bonds is 3. The first-order chi connectivity index (χ1) is 9.29. The van der Waals surface area contributed by atoms with E-state index in [0.717, 1.165) is 5.56 Å². The average molecular weight is 268 g/mol. The second-order valence-electron chi connectivity index (χ2n) is 5.22. The summed E-state index contributed by atoms with van der Waals surface area (Å²) in [4.78, 5) is 0. The Labute approximate surface area is 118 Å². The Hall–Kier alpha value is -2.86. The number of nitrogens with two attached hydrogens (primary N) is 1. The maximum atomic E-state index is 9.17. The van der Waals surface area contributed by atoms with Gasteiger partial charge in [-0.3, -0.25) is 10.8 Å². The van der Waals surface area contributed by atoms with E-state index < -0.39 is 5.84 Å². The molecule has 1 aromatic rings. The molecule has 0 amide bonds. The lowest BCUT2D eigenvalue weighted by Gasteiger charge is -2.19. The molecule has 4 N–H and O–H groups in total. The Balaban J connectivity index is 3.14. The van der Waals surface area contributed by atoms with E-state index in [9.17, 15) is 0 Å². The van der Waals surface area contributed by atoms with Gasteiger partial charge in [0.15, 0.2) is 5.84 Å². The molecule has 0 aliphatic heterocycles. The van der Waals surface area contributed by atoms with Crippen molar-refractivity contribution < 1.29 is 0 Å². The standard InChI is InChI=1S/C14H16N6/c1-14(2,3)10-4-5-11(9(6-10)7-15)19-20-12(8-16)13(17)18/h4-6,19H,1-3H3,(H3,17,18)/b20-12+. The molecule has 6 nitrogen and oxygen atoms in total. The van der Waals surface area contributed by atoms with Crippen molar-refractivity contribution in [2.45, 2.75) is 26.2 Å². The topological polar surface area (TPSA) is 122 Å². The van der Waals surface area contributed by atoms with Gasteiger partial charge >= 0.3 is 0 Å². The summed E-state index contributed by atoms with van der Waals surface area (Å²) in [5.41, 5.74) is 9.40. The second kappa shape index (κ2) is 5.85. The van der Waals surface area contributed by atoms with Crippen molar-refractivity contribution in [2.75, 3.05) is 5.43 Å². The predicted molar refractivity (Wildman–Crippen MR) is 78.4 cm³/mol. The fraction of sp³-hybridized carbons (Fsp3) is 0.286. The van der Waals surface area contributed by atoms with E-state index in [-0.39, 0.29) is 11.1 Å². The molecule has 20 heavy (non-hydrogen) atoms. The number of hydrazone groups is 1. The summed E-state index contributed by atoms with van der Waals surface area (Å²) in [6.45, 7) is 6.16. The number of anilines is 1. The van der Waals surface area contributed by atoms with Gasteiger partial charge < -0.3 is 5.73 Å². The maximum absolute atomic E-state index is 9.17. The molecule has 1 aromatic carbocycles. The molecular formula is C14H16N6. The van der Waals surface area contributed by atoms with Crippen molar-refractivity contribution in [3.8, 4) is 12.1 Å². The smallest absolute Gasteiger partial charge is 0.201 e. The van der Waals surface area contributed by atoms with E-state index in [0.29, 0.717) is 11.3 Å². The Bertz CT molecular complexity index is 637. The van der Waals surface area contributed by atoms with Crippen molar-refractivity contribution in [2.24, 2.45) is 10.8 Å². The van der Waals surface area contributed by atoms with Gasteiger partial charge in [-0.05, 0) is 23.1 Å². The maximum Gasteiger partial charge on any atom is 0.201 e. The first-order valence-electron chi connectivity index (χ1n) is 5.92. The molecule has 0 heterocycles. The number of nitriles is 2. The SMILES string of the molecule is CC(C)(C)c1ccc(N/N=C(\C#N)C(=N)N)c(C#N)c1. The van der Waals surface area contributed by atoms with Gasteiger partial charge in [-0.1, -0.05) is 26.8 Å². The first kappa shape index (κ1) is 15.2. The van der Waals surface area contributed by atoms with Crippen LogP contribution in [0.15, 0.2) is 23.3 Å². The monoisotopic (exact) mass is 268 g/mol. The lowest BCUT2D eigenvalue weighted by molar-refractivity contribution is 0.590. The van der Waals surface area contributed by atoms with Crippen LogP contribution in [0.2, 0.25) is 0 Å². The lowest BCUT2D eigenvalue weighted by Crippen LogP contribution is -2.22. The van der Waals surface area contributed by atoms with Crippen molar-refractivity contribution in [3.05, 3.63) is 29.3 Å². The Kier molecular flexibility index (Phi) is 4.45. The normalized spacial score (nSPS) is 11.3. The molecule has 102 valence electrons. The second-order valence-corrected chi connectivity index (χ2v) is 5.22. The van der Waals surface area contributed by atoms with E-state index in [1.54, 1.807) is 18.2 Å². The quantitative estimate of drug-likeness (QED) is 0.441. The predicted octanol–water partition coefficient (Wildman–Crippen LogP) is 2.08. The van der Waals surface area contributed by atoms with Crippen molar-refractivity contribution in [3.63, 3.8) is 0 Å². The molecule has 0 unspecified atom stereocenters. The summed E-state index contributed by atoms with van der Waals surface area (Å²) < 4.78 is 0. The molecule has 0 radical (unpaired) electrons. The molecule has 6 heteroatoms. The molecule has 0 aromatic heterocycles. The molecule has 0 spiro atoms. The van der Waals surface area contributed by atoms with Gasteiger partial charge in [0, 0.05) is 0 Å². The lowest BCUT2D eigenvalue weighted by atomic mass is 9.86. The molecule has 0 aliphatic rings. The Morgan fingerprint density at radius 1 is 1.35 bits per heavy atom. The summed E-state index contributed by atoms with van der Waals surface area (Å²) in [6.07, 6.45) is 0. The largest absolute Gasteiger partial charge is 0.382 e. The van der Waals surface area contributed by atoms with Crippen LogP contribution in [0.25, 0.3) is 0 Å². The van der Waals surface area contributed by atoms with Crippen LogP contribution in [0.3, 0.4) is 0 Å². The molecule has 0 saturated heterocycles. The Morgan fingerprint density at radius 2 is 2.00 bits per heavy atom. The zero-order valence-electron chi connectivity index (χ0n) is 11.7. The van der Waals surface area contributed by atoms with Crippen molar-refractivity contribution in [1.29, 1.82) is 15.9 Å². The van der Waals surface area contributed by atoms with Gasteiger partial charge in [-0.15, -0.1) is 0 Å². The summed E-state index contributed by atoms with van der Waals surface area (Å²) in [6, 6.07) is 9.16. The van der Waals surface area contributed by atoms with Crippen LogP contribution in [0.4, 0.5) is 5.69 Å². The van der Waals surface area contributed by atoms with Gasteiger partial charge in [-0.2, -0.15) is 15.6 Å². The first-order valence-corrected chi connectivity index (χ1v) is 5.92. The minimum atomic E-state index is -0.426. The zero-order valence-corrected chi connectivity index (χ0v) is 11.7. The summed E-state index contributed by atoms with van der Waals surface area (Å²) in [5.74, 6) is -0.426. The van der Waals surface area contributed by atoms with E-state index in [2.05, 4.69) is 37.4 Å². The molecule has 0 saturated carbocycles. The van der Waals surface area contributed by atoms with Crippen LogP contribution in [0.5, 0.6) is 0 Å². The number of hydrogen-bond acceptors (Lipinski definition) is 5. The van der Waals surface area contributed by atoms with Crippen molar-refractivity contribution in [1.82, 2.24) is 0 Å². The van der Waals surface area contributed by atoms with Crippen LogP contribution in [0.1, 0.15) is 31.9 Å². The summed E-state index contributed by atoms with van der Waals surface area (Å²) in [5, 5.41) is 28.8. The van der Waals surface area contributed by atoms with E-state index in [1.165, 1.54) is 0 Å². The number of benzene rings is 1. The van der Waals surface area contributed by atoms with Crippen LogP contribution in [-0.4, -0.2) is 11.5 Å². The van der Waals surface area contributed by atoms with Crippen LogP contribution < -0.4 is 11.2 Å². The molecule has 0 aliphatic carbocycles. The molecule has 0 fully saturated rings. The number of nitrogens with one attached hydrogen (secondary N) is 2. The Morgan fingerprint density at radius 3 is 2.45 bits per heavy atom. The highest BCUT2D eigenvalue weighted by atomic mass is 15.3. The number of hydrogen-bond donors (Lipinski definition) is 3. The molecular weight excluding hydrogens is 252 g/mol. The van der Waals surface area contributed by atoms with E-state index in [1.807, 2.05) is 6.07 Å². The number of nitrogens with zero attached hydrogens (tertiary/aromatic N) is 3. The third kappa shape index (κ3) is 3.56. The van der Waals surface area contributed by atoms with Gasteiger partial charge in [0.1, 0.15) is 12.1 Å². The minimum Gasteiger partial charge on any atom is -0.382 e. The van der Waals surface area contributed by atoms with Crippen LogP contribution >= 0.6 is 0 Å². The van der Waals surface area contributed by atoms with Crippen LogP contribution in [0, 0.1) is 28.1 Å². The van der Waals surface area contributed by atoms with E-state index in [4.69, 9.17) is 21.7 Å². The average Bonchev–Trinajstić information content (AvgIpc) is 2.37. The van der Waals surface area contributed by atoms with Crippen LogP contribution in [-0.2, 0) is 5.41 Å².